The maximum atomic E-state index is 10.9. The Morgan fingerprint density at radius 1 is 1.00 bits per heavy atom. The number of alkyl halides is 8. The van der Waals surface area contributed by atoms with Crippen molar-refractivity contribution in [2.24, 2.45) is 0 Å². The second-order valence-corrected chi connectivity index (χ2v) is 2.23. The molecule has 0 fully saturated rings. The van der Waals surface area contributed by atoms with Gasteiger partial charge in [-0.3, -0.25) is 0 Å². The van der Waals surface area contributed by atoms with Gasteiger partial charge in [-0.25, -0.2) is 4.39 Å². The van der Waals surface area contributed by atoms with E-state index in [-0.39, 0.29) is 5.88 Å². The summed E-state index contributed by atoms with van der Waals surface area (Å²) in [6.45, 7) is -0.415. The molecule has 0 aromatic rings. The van der Waals surface area contributed by atoms with Crippen molar-refractivity contribution in [1.29, 1.82) is 0 Å². The molecule has 0 N–H and O–H groups in total. The van der Waals surface area contributed by atoms with Crippen molar-refractivity contribution in [2.45, 2.75) is 11.6 Å². The third-order valence-corrected chi connectivity index (χ3v) is 0.750. The molecule has 12 heavy (non-hydrogen) atoms. The highest BCUT2D eigenvalue weighted by molar-refractivity contribution is 6.22. The topological polar surface area (TPSA) is 0 Å². The normalized spacial score (nSPS) is 12.0. The van der Waals surface area contributed by atoms with Crippen LogP contribution in [0.15, 0.2) is 0 Å². The Labute approximate surface area is 74.4 Å². The molecule has 0 saturated heterocycles. The van der Waals surface area contributed by atoms with Crippen molar-refractivity contribution in [3.8, 4) is 0 Å². The first-order valence-corrected chi connectivity index (χ1v) is 3.33. The van der Waals surface area contributed by atoms with Crippen LogP contribution in [0.5, 0.6) is 0 Å². The average molecular weight is 237 g/mol. The zero-order valence-corrected chi connectivity index (χ0v) is 6.95. The van der Waals surface area contributed by atoms with Gasteiger partial charge in [-0.1, -0.05) is 0 Å². The van der Waals surface area contributed by atoms with E-state index in [4.69, 9.17) is 11.6 Å². The van der Waals surface area contributed by atoms with Crippen LogP contribution < -0.4 is 0 Å². The lowest BCUT2D eigenvalue weighted by Crippen LogP contribution is -2.29. The highest BCUT2D eigenvalue weighted by Crippen LogP contribution is 2.38. The Morgan fingerprint density at radius 3 is 1.17 bits per heavy atom. The molecule has 0 radical (unpaired) electrons. The molecule has 0 bridgehead atoms. The first-order valence-electron chi connectivity index (χ1n) is 2.42. The fraction of sp³-hybridized carbons (Fsp3) is 1.00. The Bertz CT molecular complexity index is 91.1. The summed E-state index contributed by atoms with van der Waals surface area (Å²) in [5.41, 5.74) is 0. The minimum absolute atomic E-state index is 0.125. The van der Waals surface area contributed by atoms with Crippen LogP contribution in [0.25, 0.3) is 0 Å². The van der Waals surface area contributed by atoms with Crippen LogP contribution in [-0.4, -0.2) is 24.1 Å². The van der Waals surface area contributed by atoms with Gasteiger partial charge in [-0.2, -0.15) is 22.0 Å². The van der Waals surface area contributed by atoms with E-state index in [1.54, 1.807) is 0 Å². The van der Waals surface area contributed by atoms with Crippen molar-refractivity contribution in [1.82, 2.24) is 0 Å². The molecule has 0 saturated carbocycles. The van der Waals surface area contributed by atoms with E-state index >= 15 is 0 Å². The van der Waals surface area contributed by atoms with E-state index in [0.717, 1.165) is 0 Å². The summed E-state index contributed by atoms with van der Waals surface area (Å²) in [5, 5.41) is -5.09. The molecule has 8 heteroatoms. The summed E-state index contributed by atoms with van der Waals surface area (Å²) in [6, 6.07) is 0. The van der Waals surface area contributed by atoms with Crippen molar-refractivity contribution in [3.63, 3.8) is 0 Å². The van der Waals surface area contributed by atoms with Gasteiger partial charge >= 0.3 is 11.6 Å². The van der Waals surface area contributed by atoms with E-state index in [1.807, 2.05) is 0 Å². The quantitative estimate of drug-likeness (QED) is 0.483. The summed E-state index contributed by atoms with van der Waals surface area (Å²) in [7, 11) is 0. The smallest absolute Gasteiger partial charge is 0.250 e. The predicted molar refractivity (Wildman–Crippen MR) is 33.6 cm³/mol. The van der Waals surface area contributed by atoms with Crippen LogP contribution in [0, 0.1) is 0 Å². The molecule has 0 amide bonds. The second kappa shape index (κ2) is 5.75. The molecule has 0 atom stereocenters. The highest BCUT2D eigenvalue weighted by Gasteiger charge is 2.56. The molecule has 0 unspecified atom stereocenters. The molecular weight excluding hydrogens is 233 g/mol. The lowest BCUT2D eigenvalue weighted by atomic mass is 10.7. The molecule has 76 valence electrons. The summed E-state index contributed by atoms with van der Waals surface area (Å²) >= 11 is 8.36. The molecule has 0 heterocycles. The van der Waals surface area contributed by atoms with E-state index in [0.29, 0.717) is 0 Å². The third-order valence-electron chi connectivity index (χ3n) is 0.393. The van der Waals surface area contributed by atoms with Gasteiger partial charge in [0.2, 0.25) is 0 Å². The molecule has 0 aromatic heterocycles. The fourth-order valence-electron chi connectivity index (χ4n) is 0. The van der Waals surface area contributed by atoms with Crippen molar-refractivity contribution >= 4 is 23.2 Å². The lowest BCUT2D eigenvalue weighted by molar-refractivity contribution is -0.241. The number of hydrogen-bond acceptors (Lipinski definition) is 0. The minimum atomic E-state index is -5.63. The Kier molecular flexibility index (Phi) is 7.02. The molecule has 0 aliphatic heterocycles. The molecule has 0 aliphatic rings. The van der Waals surface area contributed by atoms with Crippen LogP contribution in [0.3, 0.4) is 0 Å². The van der Waals surface area contributed by atoms with Gasteiger partial charge in [0, 0.05) is 0 Å². The molecule has 0 spiro atoms. The molecule has 0 rings (SSSR count). The molecular formula is C4H4Cl2F6. The van der Waals surface area contributed by atoms with Crippen LogP contribution in [-0.2, 0) is 0 Å². The maximum Gasteiger partial charge on any atom is 0.469 e. The number of hydrogen-bond donors (Lipinski definition) is 0. The maximum absolute atomic E-state index is 10.9. The Hall–Kier alpha value is 0.160. The van der Waals surface area contributed by atoms with Gasteiger partial charge in [0.25, 0.3) is 0 Å². The van der Waals surface area contributed by atoms with Gasteiger partial charge in [0.15, 0.2) is 0 Å². The van der Waals surface area contributed by atoms with Crippen LogP contribution in [0.2, 0.25) is 0 Å². The summed E-state index contributed by atoms with van der Waals surface area (Å²) in [6.07, 6.45) is -5.63. The molecule has 0 aromatic carbocycles. The summed E-state index contributed by atoms with van der Waals surface area (Å²) in [4.78, 5) is 0. The minimum Gasteiger partial charge on any atom is -0.250 e. The summed E-state index contributed by atoms with van der Waals surface area (Å²) in [5.74, 6) is 0.125. The van der Waals surface area contributed by atoms with Gasteiger partial charge in [0.05, 0.1) is 5.88 Å². The van der Waals surface area contributed by atoms with Crippen molar-refractivity contribution < 1.29 is 26.3 Å². The highest BCUT2D eigenvalue weighted by atomic mass is 35.5. The first kappa shape index (κ1) is 14.7. The number of halogens is 8. The summed E-state index contributed by atoms with van der Waals surface area (Å²) < 4.78 is 64.4. The monoisotopic (exact) mass is 236 g/mol. The third kappa shape index (κ3) is 8.26. The standard InChI is InChI=1S/C2ClF5.C2H4ClF/c3-1(4,5)2(6,7)8;3-1-2-4/h;1-2H2. The van der Waals surface area contributed by atoms with Gasteiger partial charge in [-0.05, 0) is 11.6 Å². The van der Waals surface area contributed by atoms with Crippen LogP contribution >= 0.6 is 23.2 Å². The lowest BCUT2D eigenvalue weighted by Gasteiger charge is -2.10. The van der Waals surface area contributed by atoms with E-state index in [1.165, 1.54) is 0 Å². The predicted octanol–water partition coefficient (Wildman–Crippen LogP) is 3.58. The zero-order valence-electron chi connectivity index (χ0n) is 5.44. The SMILES string of the molecule is FC(F)(F)C(F)(F)Cl.FCCCl. The molecule has 0 aliphatic carbocycles. The largest absolute Gasteiger partial charge is 0.469 e. The second-order valence-electron chi connectivity index (χ2n) is 1.37. The number of rotatable bonds is 1. The fourth-order valence-corrected chi connectivity index (χ4v) is 0. The van der Waals surface area contributed by atoms with Gasteiger partial charge in [-0.15, -0.1) is 11.6 Å². The Morgan fingerprint density at radius 2 is 1.17 bits per heavy atom. The van der Waals surface area contributed by atoms with E-state index in [2.05, 4.69) is 11.6 Å². The van der Waals surface area contributed by atoms with Crippen LogP contribution in [0.4, 0.5) is 26.3 Å². The molecule has 0 nitrogen and oxygen atoms in total. The van der Waals surface area contributed by atoms with Gasteiger partial charge in [0.1, 0.15) is 6.67 Å². The first-order chi connectivity index (χ1) is 5.16. The zero-order chi connectivity index (χ0) is 10.4. The van der Waals surface area contributed by atoms with E-state index < -0.39 is 18.2 Å². The van der Waals surface area contributed by atoms with Gasteiger partial charge < -0.3 is 0 Å². The van der Waals surface area contributed by atoms with Crippen molar-refractivity contribution in [2.75, 3.05) is 12.6 Å². The average Bonchev–Trinajstić information content (AvgIpc) is 1.84. The van der Waals surface area contributed by atoms with Crippen LogP contribution in [0.1, 0.15) is 0 Å². The Balaban J connectivity index is 0. The van der Waals surface area contributed by atoms with E-state index in [9.17, 15) is 26.3 Å². The van der Waals surface area contributed by atoms with Crippen molar-refractivity contribution in [3.05, 3.63) is 0 Å².